The lowest BCUT2D eigenvalue weighted by Gasteiger charge is -2.62. The molecule has 182 valence electrons. The van der Waals surface area contributed by atoms with Gasteiger partial charge in [-0.1, -0.05) is 78.7 Å². The van der Waals surface area contributed by atoms with E-state index in [1.54, 1.807) is 0 Å². The molecule has 0 heterocycles. The topological polar surface area (TPSA) is 20.2 Å². The summed E-state index contributed by atoms with van der Waals surface area (Å²) in [4.78, 5) is 0. The Balaban J connectivity index is 1.62. The number of fused-ring (bicyclic) bond motifs is 4. The van der Waals surface area contributed by atoms with Gasteiger partial charge in [-0.3, -0.25) is 0 Å². The second kappa shape index (κ2) is 8.00. The highest BCUT2D eigenvalue weighted by Gasteiger charge is 2.63. The fraction of sp³-hybridized carbons (Fsp3) is 0.871. The molecule has 4 aliphatic carbocycles. The molecule has 0 aliphatic heterocycles. The molecule has 1 N–H and O–H groups in total. The van der Waals surface area contributed by atoms with E-state index in [4.69, 9.17) is 0 Å². The van der Waals surface area contributed by atoms with Crippen molar-refractivity contribution >= 4 is 0 Å². The fourth-order valence-corrected chi connectivity index (χ4v) is 9.53. The van der Waals surface area contributed by atoms with Gasteiger partial charge in [-0.05, 0) is 110 Å². The van der Waals surface area contributed by atoms with Crippen LogP contribution in [0.4, 0.5) is 0 Å². The predicted molar refractivity (Wildman–Crippen MR) is 137 cm³/mol. The van der Waals surface area contributed by atoms with Crippen LogP contribution in [0.5, 0.6) is 0 Å². The van der Waals surface area contributed by atoms with Gasteiger partial charge < -0.3 is 5.11 Å². The van der Waals surface area contributed by atoms with E-state index in [0.29, 0.717) is 28.1 Å². The molecule has 7 atom stereocenters. The van der Waals surface area contributed by atoms with E-state index < -0.39 is 0 Å². The van der Waals surface area contributed by atoms with Crippen molar-refractivity contribution in [3.8, 4) is 0 Å². The van der Waals surface area contributed by atoms with Crippen molar-refractivity contribution in [2.45, 2.75) is 126 Å². The van der Waals surface area contributed by atoms with Crippen LogP contribution in [0.15, 0.2) is 23.3 Å². The maximum Gasteiger partial charge on any atom is 0.0594 e. The molecule has 2 fully saturated rings. The van der Waals surface area contributed by atoms with Gasteiger partial charge in [0.2, 0.25) is 0 Å². The first kappa shape index (κ1) is 24.6. The summed E-state index contributed by atoms with van der Waals surface area (Å²) >= 11 is 0. The van der Waals surface area contributed by atoms with Gasteiger partial charge in [-0.2, -0.15) is 0 Å². The molecule has 0 aromatic heterocycles. The van der Waals surface area contributed by atoms with Crippen LogP contribution in [-0.4, -0.2) is 11.2 Å². The number of rotatable bonds is 5. The van der Waals surface area contributed by atoms with E-state index in [9.17, 15) is 5.11 Å². The third-order valence-electron chi connectivity index (χ3n) is 12.2. The van der Waals surface area contributed by atoms with E-state index >= 15 is 0 Å². The van der Waals surface area contributed by atoms with Crippen LogP contribution in [0, 0.1) is 45.3 Å². The highest BCUT2D eigenvalue weighted by molar-refractivity contribution is 5.38. The van der Waals surface area contributed by atoms with Crippen molar-refractivity contribution in [2.75, 3.05) is 0 Å². The average Bonchev–Trinajstić information content (AvgIpc) is 3.00. The first-order valence-electron chi connectivity index (χ1n) is 13.9. The van der Waals surface area contributed by atoms with E-state index in [2.05, 4.69) is 62.0 Å². The quantitative estimate of drug-likeness (QED) is 0.424. The number of aliphatic hydroxyl groups excluding tert-OH is 1. The molecular weight excluding hydrogens is 388 g/mol. The molecule has 0 aromatic rings. The maximum absolute atomic E-state index is 10.8. The minimum absolute atomic E-state index is 0.0404. The van der Waals surface area contributed by atoms with Crippen molar-refractivity contribution in [1.29, 1.82) is 0 Å². The summed E-state index contributed by atoms with van der Waals surface area (Å²) in [6, 6.07) is 0. The molecular formula is C31H52O. The summed E-state index contributed by atoms with van der Waals surface area (Å²) in [5, 5.41) is 10.8. The molecule has 4 aliphatic rings. The van der Waals surface area contributed by atoms with E-state index in [0.717, 1.165) is 18.3 Å². The van der Waals surface area contributed by atoms with Gasteiger partial charge in [0, 0.05) is 0 Å². The smallest absolute Gasteiger partial charge is 0.0594 e. The van der Waals surface area contributed by atoms with Crippen LogP contribution in [0.2, 0.25) is 0 Å². The first-order valence-corrected chi connectivity index (χ1v) is 13.9. The summed E-state index contributed by atoms with van der Waals surface area (Å²) in [6.07, 6.45) is 12.6. The largest absolute Gasteiger partial charge is 0.393 e. The molecule has 1 nitrogen and oxygen atoms in total. The van der Waals surface area contributed by atoms with Gasteiger partial charge in [0.1, 0.15) is 0 Å². The van der Waals surface area contributed by atoms with Gasteiger partial charge in [0.15, 0.2) is 0 Å². The Morgan fingerprint density at radius 3 is 2.28 bits per heavy atom. The third kappa shape index (κ3) is 3.34. The van der Waals surface area contributed by atoms with E-state index in [1.165, 1.54) is 63.4 Å². The Morgan fingerprint density at radius 2 is 1.62 bits per heavy atom. The van der Waals surface area contributed by atoms with Gasteiger partial charge in [0.25, 0.3) is 0 Å². The van der Waals surface area contributed by atoms with Crippen molar-refractivity contribution in [3.63, 3.8) is 0 Å². The molecule has 32 heavy (non-hydrogen) atoms. The molecule has 0 aromatic carbocycles. The second-order valence-electron chi connectivity index (χ2n) is 14.1. The lowest BCUT2D eigenvalue weighted by Crippen LogP contribution is -2.55. The second-order valence-corrected chi connectivity index (χ2v) is 14.1. The fourth-order valence-electron chi connectivity index (χ4n) is 9.53. The summed E-state index contributed by atoms with van der Waals surface area (Å²) < 4.78 is 0. The summed E-state index contributed by atoms with van der Waals surface area (Å²) in [7, 11) is 0. The standard InChI is InChI=1S/C31H52O/c1-20(2)21(3)10-11-22(4)23-14-18-31(9)25-12-13-26-28(5,6)27(32)16-17-29(26,7)24(25)15-19-30(23,31)8/h20,22-23,26-27,32H,3,10-19H2,1-2,4-9H3/t22-,23+,26?,27-,29+,30-,31+/m0/s1. The van der Waals surface area contributed by atoms with Crippen molar-refractivity contribution in [1.82, 2.24) is 0 Å². The Bertz CT molecular complexity index is 786. The number of hydrogen-bond acceptors (Lipinski definition) is 1. The average molecular weight is 441 g/mol. The Labute approximate surface area is 199 Å². The van der Waals surface area contributed by atoms with Crippen LogP contribution in [0.1, 0.15) is 120 Å². The highest BCUT2D eigenvalue weighted by atomic mass is 16.3. The highest BCUT2D eigenvalue weighted by Crippen LogP contribution is 2.72. The van der Waals surface area contributed by atoms with Crippen molar-refractivity contribution in [2.24, 2.45) is 45.3 Å². The molecule has 0 bridgehead atoms. The van der Waals surface area contributed by atoms with Crippen LogP contribution < -0.4 is 0 Å². The third-order valence-corrected chi connectivity index (χ3v) is 12.2. The summed E-state index contributed by atoms with van der Waals surface area (Å²) in [5.41, 5.74) is 6.32. The van der Waals surface area contributed by atoms with Crippen molar-refractivity contribution < 1.29 is 5.11 Å². The Kier molecular flexibility index (Phi) is 6.14. The zero-order valence-electron chi connectivity index (χ0n) is 22.6. The number of hydrogen-bond donors (Lipinski definition) is 1. The molecule has 0 radical (unpaired) electrons. The zero-order valence-corrected chi connectivity index (χ0v) is 22.6. The van der Waals surface area contributed by atoms with Crippen LogP contribution in [0.3, 0.4) is 0 Å². The van der Waals surface area contributed by atoms with Crippen LogP contribution >= 0.6 is 0 Å². The molecule has 0 amide bonds. The lowest BCUT2D eigenvalue weighted by molar-refractivity contribution is -0.0962. The zero-order chi connectivity index (χ0) is 23.7. The molecule has 1 unspecified atom stereocenters. The van der Waals surface area contributed by atoms with Crippen LogP contribution in [-0.2, 0) is 0 Å². The summed E-state index contributed by atoms with van der Waals surface area (Å²) in [6.45, 7) is 24.1. The lowest BCUT2D eigenvalue weighted by atomic mass is 9.43. The van der Waals surface area contributed by atoms with Gasteiger partial charge in [0.05, 0.1) is 6.10 Å². The van der Waals surface area contributed by atoms with E-state index in [-0.39, 0.29) is 11.5 Å². The Morgan fingerprint density at radius 1 is 0.938 bits per heavy atom. The first-order chi connectivity index (χ1) is 14.8. The van der Waals surface area contributed by atoms with Crippen molar-refractivity contribution in [3.05, 3.63) is 23.3 Å². The minimum Gasteiger partial charge on any atom is -0.393 e. The Hall–Kier alpha value is -0.560. The molecule has 0 saturated heterocycles. The summed E-state index contributed by atoms with van der Waals surface area (Å²) in [5.74, 6) is 2.87. The maximum atomic E-state index is 10.8. The molecule has 2 saturated carbocycles. The van der Waals surface area contributed by atoms with Crippen LogP contribution in [0.25, 0.3) is 0 Å². The van der Waals surface area contributed by atoms with E-state index in [1.807, 2.05) is 11.1 Å². The van der Waals surface area contributed by atoms with Gasteiger partial charge in [-0.25, -0.2) is 0 Å². The molecule has 4 rings (SSSR count). The van der Waals surface area contributed by atoms with Gasteiger partial charge >= 0.3 is 0 Å². The van der Waals surface area contributed by atoms with Gasteiger partial charge in [-0.15, -0.1) is 0 Å². The molecule has 1 heteroatoms. The normalized spacial score (nSPS) is 44.1. The number of allylic oxidation sites excluding steroid dienone is 3. The molecule has 0 spiro atoms. The minimum atomic E-state index is -0.135. The number of aliphatic hydroxyl groups is 1. The SMILES string of the molecule is C=C(CC[C@H](C)[C@H]1CC[C@]2(C)C3=C(CC[C@@]12C)[C@@]1(C)CC[C@H](O)C(C)(C)C1CC3)C(C)C. The monoisotopic (exact) mass is 440 g/mol. The predicted octanol–water partition coefficient (Wildman–Crippen LogP) is 8.73.